The predicted molar refractivity (Wildman–Crippen MR) is 144 cm³/mol. The summed E-state index contributed by atoms with van der Waals surface area (Å²) in [6.45, 7) is 4.59. The van der Waals surface area contributed by atoms with Gasteiger partial charge in [0.2, 0.25) is 11.8 Å². The lowest BCUT2D eigenvalue weighted by molar-refractivity contribution is -0.137. The molecule has 2 aromatic heterocycles. The zero-order valence-corrected chi connectivity index (χ0v) is 21.8. The van der Waals surface area contributed by atoms with E-state index in [-0.39, 0.29) is 29.8 Å². The number of thiazole rings is 1. The Balaban J connectivity index is 1.36. The van der Waals surface area contributed by atoms with E-state index in [1.54, 1.807) is 19.1 Å². The Bertz CT molecular complexity index is 1390. The molecule has 8 nitrogen and oxygen atoms in total. The van der Waals surface area contributed by atoms with Crippen molar-refractivity contribution in [3.05, 3.63) is 54.1 Å². The van der Waals surface area contributed by atoms with Gasteiger partial charge >= 0.3 is 0 Å². The molecule has 1 aliphatic rings. The van der Waals surface area contributed by atoms with E-state index >= 15 is 0 Å². The molecule has 2 unspecified atom stereocenters. The van der Waals surface area contributed by atoms with Crippen molar-refractivity contribution < 1.29 is 14.0 Å². The third kappa shape index (κ3) is 5.44. The second-order valence-electron chi connectivity index (χ2n) is 9.52. The Kier molecular flexibility index (Phi) is 7.36. The maximum atomic E-state index is 14.1. The van der Waals surface area contributed by atoms with E-state index in [1.165, 1.54) is 17.4 Å². The van der Waals surface area contributed by atoms with Crippen molar-refractivity contribution >= 4 is 49.5 Å². The Hall–Kier alpha value is -3.53. The van der Waals surface area contributed by atoms with Gasteiger partial charge in [-0.1, -0.05) is 36.5 Å². The van der Waals surface area contributed by atoms with Crippen molar-refractivity contribution in [2.24, 2.45) is 0 Å². The van der Waals surface area contributed by atoms with Gasteiger partial charge in [0.05, 0.1) is 28.2 Å². The summed E-state index contributed by atoms with van der Waals surface area (Å²) in [6.07, 6.45) is 3.99. The Morgan fingerprint density at radius 3 is 2.81 bits per heavy atom. The number of hydrogen-bond donors (Lipinski definition) is 3. The van der Waals surface area contributed by atoms with Crippen LogP contribution in [-0.4, -0.2) is 50.3 Å². The molecule has 0 bridgehead atoms. The number of aromatic nitrogens is 3. The molecular formula is C27H31FN6O2S. The van der Waals surface area contributed by atoms with Crippen LogP contribution in [0.1, 0.15) is 57.8 Å². The fraction of sp³-hybridized carbons (Fsp3) is 0.407. The van der Waals surface area contributed by atoms with Crippen LogP contribution in [0.25, 0.3) is 21.3 Å². The van der Waals surface area contributed by atoms with Crippen LogP contribution in [0.2, 0.25) is 0 Å². The van der Waals surface area contributed by atoms with E-state index < -0.39 is 17.9 Å². The first-order chi connectivity index (χ1) is 17.9. The molecule has 0 radical (unpaired) electrons. The van der Waals surface area contributed by atoms with Crippen molar-refractivity contribution in [1.29, 1.82) is 0 Å². The monoisotopic (exact) mass is 522 g/mol. The molecule has 0 aliphatic carbocycles. The van der Waals surface area contributed by atoms with Crippen LogP contribution in [0.5, 0.6) is 0 Å². The first kappa shape index (κ1) is 25.1. The molecule has 3 N–H and O–H groups in total. The van der Waals surface area contributed by atoms with Crippen molar-refractivity contribution in [2.45, 2.75) is 64.1 Å². The minimum absolute atomic E-state index is 0.0136. The number of aromatic amines is 1. The standard InChI is InChI=1S/C27H31FN6O2S/c1-3-17-9-6-7-14-34(17)23(35)15-21(32-27-31-19-11-4-5-13-22(19)37-27)26(36)29-16(2)25-30-20-12-8-10-18(28)24(20)33-25/h4-5,8,10-13,16-17,21H,3,6-7,9,14-15H2,1-2H3,(H,29,36)(H,30,33)(H,31,32)/t16-,17?,21?/m0/s1. The van der Waals surface area contributed by atoms with Crippen LogP contribution in [0.4, 0.5) is 9.52 Å². The summed E-state index contributed by atoms with van der Waals surface area (Å²) in [5.41, 5.74) is 1.62. The molecule has 1 aliphatic heterocycles. The average molecular weight is 523 g/mol. The molecule has 3 heterocycles. The van der Waals surface area contributed by atoms with Crippen LogP contribution >= 0.6 is 11.3 Å². The van der Waals surface area contributed by atoms with E-state index in [9.17, 15) is 14.0 Å². The molecule has 0 saturated carbocycles. The summed E-state index contributed by atoms with van der Waals surface area (Å²) in [4.78, 5) is 40.9. The highest BCUT2D eigenvalue weighted by Crippen LogP contribution is 2.27. The van der Waals surface area contributed by atoms with Crippen LogP contribution in [0.15, 0.2) is 42.5 Å². The highest BCUT2D eigenvalue weighted by atomic mass is 32.1. The van der Waals surface area contributed by atoms with Gasteiger partial charge in [-0.25, -0.2) is 14.4 Å². The molecule has 4 aromatic rings. The third-order valence-corrected chi connectivity index (χ3v) is 7.92. The van der Waals surface area contributed by atoms with Crippen LogP contribution < -0.4 is 10.6 Å². The summed E-state index contributed by atoms with van der Waals surface area (Å²) < 4.78 is 15.1. The Morgan fingerprint density at radius 2 is 2.03 bits per heavy atom. The van der Waals surface area contributed by atoms with Gasteiger partial charge in [-0.2, -0.15) is 0 Å². The normalized spacial score (nSPS) is 17.6. The zero-order chi connectivity index (χ0) is 25.9. The van der Waals surface area contributed by atoms with Crippen LogP contribution in [-0.2, 0) is 9.59 Å². The SMILES string of the molecule is CCC1CCCCN1C(=O)CC(Nc1nc2ccccc2s1)C(=O)N[C@@H](C)c1nc2c(F)cccc2[nH]1. The molecule has 5 rings (SSSR count). The molecule has 194 valence electrons. The molecule has 1 saturated heterocycles. The number of likely N-dealkylation sites (tertiary alicyclic amines) is 1. The van der Waals surface area contributed by atoms with Gasteiger partial charge in [-0.05, 0) is 56.9 Å². The number of anilines is 1. The fourth-order valence-electron chi connectivity index (χ4n) is 4.94. The van der Waals surface area contributed by atoms with Crippen LogP contribution in [0, 0.1) is 5.82 Å². The topological polar surface area (TPSA) is 103 Å². The van der Waals surface area contributed by atoms with Gasteiger partial charge in [0.15, 0.2) is 10.9 Å². The molecule has 2 aromatic carbocycles. The van der Waals surface area contributed by atoms with Gasteiger partial charge in [-0.3, -0.25) is 9.59 Å². The first-order valence-corrected chi connectivity index (χ1v) is 13.6. The molecule has 1 fully saturated rings. The van der Waals surface area contributed by atoms with E-state index in [1.807, 2.05) is 29.2 Å². The molecule has 10 heteroatoms. The van der Waals surface area contributed by atoms with Gasteiger partial charge < -0.3 is 20.5 Å². The lowest BCUT2D eigenvalue weighted by Gasteiger charge is -2.36. The second-order valence-corrected chi connectivity index (χ2v) is 10.6. The van der Waals surface area contributed by atoms with Crippen molar-refractivity contribution in [1.82, 2.24) is 25.2 Å². The third-order valence-electron chi connectivity index (χ3n) is 6.96. The van der Waals surface area contributed by atoms with Gasteiger partial charge in [0.25, 0.3) is 0 Å². The number of nitrogens with one attached hydrogen (secondary N) is 3. The van der Waals surface area contributed by atoms with Crippen molar-refractivity contribution in [2.75, 3.05) is 11.9 Å². The number of nitrogens with zero attached hydrogens (tertiary/aromatic N) is 3. The summed E-state index contributed by atoms with van der Waals surface area (Å²) >= 11 is 1.44. The maximum Gasteiger partial charge on any atom is 0.243 e. The summed E-state index contributed by atoms with van der Waals surface area (Å²) in [5.74, 6) is -0.364. The largest absolute Gasteiger partial charge is 0.349 e. The predicted octanol–water partition coefficient (Wildman–Crippen LogP) is 5.15. The maximum absolute atomic E-state index is 14.1. The fourth-order valence-corrected chi connectivity index (χ4v) is 5.86. The summed E-state index contributed by atoms with van der Waals surface area (Å²) in [7, 11) is 0. The number of hydrogen-bond acceptors (Lipinski definition) is 6. The quantitative estimate of drug-likeness (QED) is 0.297. The van der Waals surface area contributed by atoms with Gasteiger partial charge in [-0.15, -0.1) is 0 Å². The molecule has 3 atom stereocenters. The van der Waals surface area contributed by atoms with Crippen LogP contribution in [0.3, 0.4) is 0 Å². The molecular weight excluding hydrogens is 491 g/mol. The number of carbonyl (C=O) groups is 2. The molecule has 2 amide bonds. The zero-order valence-electron chi connectivity index (χ0n) is 21.0. The number of rotatable bonds is 8. The highest BCUT2D eigenvalue weighted by Gasteiger charge is 2.31. The van der Waals surface area contributed by atoms with E-state index in [2.05, 4.69) is 32.5 Å². The van der Waals surface area contributed by atoms with Crippen molar-refractivity contribution in [3.63, 3.8) is 0 Å². The minimum Gasteiger partial charge on any atom is -0.349 e. The van der Waals surface area contributed by atoms with Gasteiger partial charge in [0.1, 0.15) is 17.4 Å². The van der Waals surface area contributed by atoms with E-state index in [0.717, 1.165) is 35.9 Å². The number of amides is 2. The average Bonchev–Trinajstić information content (AvgIpc) is 3.53. The number of halogens is 1. The smallest absolute Gasteiger partial charge is 0.243 e. The van der Waals surface area contributed by atoms with E-state index in [4.69, 9.17) is 0 Å². The summed E-state index contributed by atoms with van der Waals surface area (Å²) in [5, 5.41) is 6.76. The summed E-state index contributed by atoms with van der Waals surface area (Å²) in [6, 6.07) is 11.3. The Morgan fingerprint density at radius 1 is 1.19 bits per heavy atom. The van der Waals surface area contributed by atoms with Gasteiger partial charge in [0, 0.05) is 12.6 Å². The number of imidazole rings is 1. The number of fused-ring (bicyclic) bond motifs is 2. The lowest BCUT2D eigenvalue weighted by Crippen LogP contribution is -2.48. The number of carbonyl (C=O) groups excluding carboxylic acids is 2. The number of piperidine rings is 1. The minimum atomic E-state index is -0.823. The number of para-hydroxylation sites is 2. The Labute approximate surface area is 218 Å². The second kappa shape index (κ2) is 10.8. The lowest BCUT2D eigenvalue weighted by atomic mass is 9.99. The molecule has 37 heavy (non-hydrogen) atoms. The number of H-pyrrole nitrogens is 1. The van der Waals surface area contributed by atoms with E-state index in [0.29, 0.717) is 23.0 Å². The van der Waals surface area contributed by atoms with Crippen molar-refractivity contribution in [3.8, 4) is 0 Å². The number of benzene rings is 2. The molecule has 0 spiro atoms. The highest BCUT2D eigenvalue weighted by molar-refractivity contribution is 7.22. The first-order valence-electron chi connectivity index (χ1n) is 12.8.